The zero-order chi connectivity index (χ0) is 13.2. The van der Waals surface area contributed by atoms with E-state index in [1.165, 1.54) is 6.42 Å². The van der Waals surface area contributed by atoms with Gasteiger partial charge in [-0.25, -0.2) is 9.97 Å². The van der Waals surface area contributed by atoms with Crippen molar-refractivity contribution in [2.45, 2.75) is 32.4 Å². The van der Waals surface area contributed by atoms with Crippen LogP contribution in [0.15, 0.2) is 29.5 Å². The van der Waals surface area contributed by atoms with Crippen molar-refractivity contribution in [1.29, 1.82) is 0 Å². The highest BCUT2D eigenvalue weighted by molar-refractivity contribution is 5.72. The number of hydrogen-bond acceptors (Lipinski definition) is 4. The number of aromatic nitrogens is 3. The van der Waals surface area contributed by atoms with E-state index >= 15 is 0 Å². The number of pyridine rings is 1. The van der Waals surface area contributed by atoms with Crippen molar-refractivity contribution in [3.8, 4) is 0 Å². The molecule has 5 nitrogen and oxygen atoms in total. The van der Waals surface area contributed by atoms with Crippen LogP contribution < -0.4 is 5.56 Å². The van der Waals surface area contributed by atoms with Gasteiger partial charge in [0.2, 0.25) is 0 Å². The third kappa shape index (κ3) is 2.26. The summed E-state index contributed by atoms with van der Waals surface area (Å²) in [6, 6.07) is 4.03. The zero-order valence-electron chi connectivity index (χ0n) is 11.1. The molecule has 1 aliphatic heterocycles. The standard InChI is InChI=1S/C14H18N4O/c1-2-17-8-4-5-11(17)9-18-10-16-13-12(14(18)19)6-3-7-15-13/h3,6-7,10-11H,2,4-5,8-9H2,1H3/t11-/m0/s1. The molecule has 1 atom stereocenters. The van der Waals surface area contributed by atoms with Gasteiger partial charge >= 0.3 is 0 Å². The van der Waals surface area contributed by atoms with E-state index in [-0.39, 0.29) is 5.56 Å². The fraction of sp³-hybridized carbons (Fsp3) is 0.500. The van der Waals surface area contributed by atoms with E-state index in [4.69, 9.17) is 0 Å². The highest BCUT2D eigenvalue weighted by Gasteiger charge is 2.23. The monoisotopic (exact) mass is 258 g/mol. The van der Waals surface area contributed by atoms with Crippen molar-refractivity contribution in [3.63, 3.8) is 0 Å². The van der Waals surface area contributed by atoms with Crippen LogP contribution in [0.1, 0.15) is 19.8 Å². The van der Waals surface area contributed by atoms with E-state index in [0.29, 0.717) is 17.1 Å². The molecule has 0 saturated carbocycles. The second-order valence-electron chi connectivity index (χ2n) is 5.00. The van der Waals surface area contributed by atoms with Crippen LogP contribution in [-0.2, 0) is 6.54 Å². The van der Waals surface area contributed by atoms with E-state index < -0.39 is 0 Å². The molecule has 0 spiro atoms. The van der Waals surface area contributed by atoms with Gasteiger partial charge in [-0.3, -0.25) is 14.3 Å². The lowest BCUT2D eigenvalue weighted by molar-refractivity contribution is 0.242. The van der Waals surface area contributed by atoms with Crippen molar-refractivity contribution in [2.75, 3.05) is 13.1 Å². The van der Waals surface area contributed by atoms with Gasteiger partial charge in [0.25, 0.3) is 5.56 Å². The minimum atomic E-state index is 0.0149. The third-order valence-electron chi connectivity index (χ3n) is 3.91. The average molecular weight is 258 g/mol. The molecule has 0 radical (unpaired) electrons. The molecule has 0 unspecified atom stereocenters. The summed E-state index contributed by atoms with van der Waals surface area (Å²) in [6.07, 6.45) is 5.67. The molecule has 2 aromatic heterocycles. The Morgan fingerprint density at radius 1 is 1.42 bits per heavy atom. The number of hydrogen-bond donors (Lipinski definition) is 0. The van der Waals surface area contributed by atoms with Gasteiger partial charge < -0.3 is 0 Å². The summed E-state index contributed by atoms with van der Waals surface area (Å²) in [4.78, 5) is 23.2. The maximum atomic E-state index is 12.4. The molecule has 19 heavy (non-hydrogen) atoms. The molecule has 2 aromatic rings. The van der Waals surface area contributed by atoms with Crippen LogP contribution in [0.3, 0.4) is 0 Å². The minimum absolute atomic E-state index is 0.0149. The molecular weight excluding hydrogens is 240 g/mol. The highest BCUT2D eigenvalue weighted by atomic mass is 16.1. The van der Waals surface area contributed by atoms with E-state index in [1.54, 1.807) is 29.2 Å². The summed E-state index contributed by atoms with van der Waals surface area (Å²) in [6.45, 7) is 5.08. The van der Waals surface area contributed by atoms with E-state index in [9.17, 15) is 4.79 Å². The molecule has 0 bridgehead atoms. The van der Waals surface area contributed by atoms with Gasteiger partial charge in [0, 0.05) is 18.8 Å². The van der Waals surface area contributed by atoms with E-state index in [2.05, 4.69) is 21.8 Å². The van der Waals surface area contributed by atoms with Crippen molar-refractivity contribution >= 4 is 11.0 Å². The summed E-state index contributed by atoms with van der Waals surface area (Å²) in [5.74, 6) is 0. The summed E-state index contributed by atoms with van der Waals surface area (Å²) < 4.78 is 1.72. The van der Waals surface area contributed by atoms with Gasteiger partial charge in [0.05, 0.1) is 5.39 Å². The first kappa shape index (κ1) is 12.3. The maximum Gasteiger partial charge on any atom is 0.262 e. The van der Waals surface area contributed by atoms with Crippen LogP contribution in [0.5, 0.6) is 0 Å². The number of likely N-dealkylation sites (tertiary alicyclic amines) is 1. The normalized spacial score (nSPS) is 20.2. The Balaban J connectivity index is 1.93. The van der Waals surface area contributed by atoms with Gasteiger partial charge in [0.1, 0.15) is 6.33 Å². The van der Waals surface area contributed by atoms with Crippen LogP contribution in [0.2, 0.25) is 0 Å². The molecule has 1 aliphatic rings. The molecule has 0 amide bonds. The Morgan fingerprint density at radius 2 is 2.32 bits per heavy atom. The molecule has 3 heterocycles. The van der Waals surface area contributed by atoms with Gasteiger partial charge in [-0.1, -0.05) is 6.92 Å². The molecule has 0 aromatic carbocycles. The largest absolute Gasteiger partial charge is 0.299 e. The molecule has 100 valence electrons. The van der Waals surface area contributed by atoms with Crippen LogP contribution in [0, 0.1) is 0 Å². The van der Waals surface area contributed by atoms with Crippen LogP contribution in [0.25, 0.3) is 11.0 Å². The quantitative estimate of drug-likeness (QED) is 0.832. The summed E-state index contributed by atoms with van der Waals surface area (Å²) in [5, 5.41) is 0.603. The lowest BCUT2D eigenvalue weighted by Crippen LogP contribution is -2.36. The van der Waals surface area contributed by atoms with Crippen LogP contribution >= 0.6 is 0 Å². The van der Waals surface area contributed by atoms with Gasteiger partial charge in [0.15, 0.2) is 5.65 Å². The van der Waals surface area contributed by atoms with Gasteiger partial charge in [-0.05, 0) is 38.1 Å². The Bertz CT molecular complexity index is 637. The Kier molecular flexibility index (Phi) is 3.29. The first-order valence-corrected chi connectivity index (χ1v) is 6.84. The van der Waals surface area contributed by atoms with Crippen LogP contribution in [-0.4, -0.2) is 38.6 Å². The summed E-state index contributed by atoms with van der Waals surface area (Å²) in [7, 11) is 0. The minimum Gasteiger partial charge on any atom is -0.299 e. The second-order valence-corrected chi connectivity index (χ2v) is 5.00. The molecule has 0 N–H and O–H groups in total. The number of rotatable bonds is 3. The molecule has 1 fully saturated rings. The van der Waals surface area contributed by atoms with E-state index in [0.717, 1.165) is 26.1 Å². The first-order valence-electron chi connectivity index (χ1n) is 6.84. The van der Waals surface area contributed by atoms with Crippen molar-refractivity contribution < 1.29 is 0 Å². The predicted octanol–water partition coefficient (Wildman–Crippen LogP) is 1.28. The SMILES string of the molecule is CCN1CCC[C@H]1Cn1cnc2ncccc2c1=O. The Morgan fingerprint density at radius 3 is 3.16 bits per heavy atom. The maximum absolute atomic E-state index is 12.4. The predicted molar refractivity (Wildman–Crippen MR) is 74.1 cm³/mol. The third-order valence-corrected chi connectivity index (χ3v) is 3.91. The van der Waals surface area contributed by atoms with E-state index in [1.807, 2.05) is 0 Å². The topological polar surface area (TPSA) is 51.0 Å². The molecule has 0 aliphatic carbocycles. The van der Waals surface area contributed by atoms with Crippen molar-refractivity contribution in [1.82, 2.24) is 19.4 Å². The number of likely N-dealkylation sites (N-methyl/N-ethyl adjacent to an activating group) is 1. The second kappa shape index (κ2) is 5.09. The Hall–Kier alpha value is -1.75. The van der Waals surface area contributed by atoms with Gasteiger partial charge in [-0.15, -0.1) is 0 Å². The van der Waals surface area contributed by atoms with Gasteiger partial charge in [-0.2, -0.15) is 0 Å². The highest BCUT2D eigenvalue weighted by Crippen LogP contribution is 2.17. The molecule has 3 rings (SSSR count). The van der Waals surface area contributed by atoms with Crippen molar-refractivity contribution in [2.24, 2.45) is 0 Å². The Labute approximate surface area is 111 Å². The summed E-state index contributed by atoms with van der Waals surface area (Å²) in [5.41, 5.74) is 0.545. The molecule has 5 heteroatoms. The fourth-order valence-corrected chi connectivity index (χ4v) is 2.87. The number of nitrogens with zero attached hydrogens (tertiary/aromatic N) is 4. The molecular formula is C14H18N4O. The fourth-order valence-electron chi connectivity index (χ4n) is 2.87. The van der Waals surface area contributed by atoms with Crippen molar-refractivity contribution in [3.05, 3.63) is 35.0 Å². The first-order chi connectivity index (χ1) is 9.29. The zero-order valence-corrected chi connectivity index (χ0v) is 11.1. The molecule has 1 saturated heterocycles. The average Bonchev–Trinajstić information content (AvgIpc) is 2.89. The smallest absolute Gasteiger partial charge is 0.262 e. The lowest BCUT2D eigenvalue weighted by atomic mass is 10.2. The number of fused-ring (bicyclic) bond motifs is 1. The summed E-state index contributed by atoms with van der Waals surface area (Å²) >= 11 is 0. The lowest BCUT2D eigenvalue weighted by Gasteiger charge is -2.23. The van der Waals surface area contributed by atoms with Crippen LogP contribution in [0.4, 0.5) is 0 Å².